The Balaban J connectivity index is 1.68. The third-order valence-corrected chi connectivity index (χ3v) is 12.3. The Bertz CT molecular complexity index is 1020. The van der Waals surface area contributed by atoms with Gasteiger partial charge in [0.2, 0.25) is 0 Å². The van der Waals surface area contributed by atoms with E-state index in [1.54, 1.807) is 0 Å². The molecule has 3 saturated carbocycles. The van der Waals surface area contributed by atoms with Crippen molar-refractivity contribution in [1.29, 1.82) is 0 Å². The van der Waals surface area contributed by atoms with Crippen LogP contribution in [0, 0.1) is 44.3 Å². The van der Waals surface area contributed by atoms with E-state index < -0.39 is 22.9 Å². The number of rotatable bonds is 1. The van der Waals surface area contributed by atoms with Crippen LogP contribution in [0.5, 0.6) is 0 Å². The first-order valence-corrected chi connectivity index (χ1v) is 13.4. The number of ketones is 1. The number of Topliss-reactive ketones (excluding diaryl/α,β-unsaturated/α-hetero) is 1. The molecule has 0 aliphatic heterocycles. The molecule has 8 atom stereocenters. The average Bonchev–Trinajstić information content (AvgIpc) is 2.72. The van der Waals surface area contributed by atoms with Crippen molar-refractivity contribution >= 4 is 11.8 Å². The Morgan fingerprint density at radius 2 is 1.59 bits per heavy atom. The smallest absolute Gasteiger partial charge is 0.309 e. The van der Waals surface area contributed by atoms with E-state index >= 15 is 0 Å². The molecule has 34 heavy (non-hydrogen) atoms. The number of fused-ring (bicyclic) bond motifs is 6. The van der Waals surface area contributed by atoms with E-state index in [0.717, 1.165) is 38.5 Å². The number of hydrogen-bond acceptors (Lipinski definition) is 3. The van der Waals surface area contributed by atoms with Crippen molar-refractivity contribution in [2.45, 2.75) is 106 Å². The fourth-order valence-corrected chi connectivity index (χ4v) is 9.73. The minimum Gasteiger partial charge on any atom is -0.481 e. The SMILES string of the molecule is CC1(C)[C@@H](O)CC[C@]2(C)[C@H]3C=CC4=C5C[C@](C)(C(=O)O)CC[C@]5(C)CC[C@@]4(C)[C@]3(C)CC(=O)[C@@H]12. The van der Waals surface area contributed by atoms with Crippen LogP contribution in [0.15, 0.2) is 23.3 Å². The molecule has 188 valence electrons. The lowest BCUT2D eigenvalue weighted by molar-refractivity contribution is -0.188. The number of carbonyl (C=O) groups excluding carboxylic acids is 1. The van der Waals surface area contributed by atoms with Crippen LogP contribution in [0.3, 0.4) is 0 Å². The van der Waals surface area contributed by atoms with Crippen molar-refractivity contribution in [3.63, 3.8) is 0 Å². The van der Waals surface area contributed by atoms with Crippen LogP contribution < -0.4 is 0 Å². The molecule has 5 aliphatic rings. The van der Waals surface area contributed by atoms with Gasteiger partial charge in [-0.3, -0.25) is 9.59 Å². The van der Waals surface area contributed by atoms with Gasteiger partial charge >= 0.3 is 5.97 Å². The summed E-state index contributed by atoms with van der Waals surface area (Å²) >= 11 is 0. The molecule has 0 radical (unpaired) electrons. The van der Waals surface area contributed by atoms with Crippen molar-refractivity contribution in [1.82, 2.24) is 0 Å². The minimum absolute atomic E-state index is 0.0550. The molecule has 5 rings (SSSR count). The summed E-state index contributed by atoms with van der Waals surface area (Å²) < 4.78 is 0. The van der Waals surface area contributed by atoms with Crippen LogP contribution in [0.1, 0.15) is 99.8 Å². The number of aliphatic carboxylic acids is 1. The summed E-state index contributed by atoms with van der Waals surface area (Å²) in [6, 6.07) is 0. The lowest BCUT2D eigenvalue weighted by atomic mass is 9.35. The Morgan fingerprint density at radius 1 is 0.941 bits per heavy atom. The van der Waals surface area contributed by atoms with E-state index in [1.807, 2.05) is 6.92 Å². The van der Waals surface area contributed by atoms with Crippen LogP contribution in [-0.2, 0) is 9.59 Å². The van der Waals surface area contributed by atoms with Crippen LogP contribution >= 0.6 is 0 Å². The minimum atomic E-state index is -0.714. The molecule has 0 spiro atoms. The zero-order valence-electron chi connectivity index (χ0n) is 22.3. The molecule has 0 aromatic carbocycles. The Labute approximate surface area is 205 Å². The maximum atomic E-state index is 14.0. The van der Waals surface area contributed by atoms with Gasteiger partial charge in [0.1, 0.15) is 5.78 Å². The highest BCUT2D eigenvalue weighted by atomic mass is 16.4. The van der Waals surface area contributed by atoms with Gasteiger partial charge in [0.05, 0.1) is 11.5 Å². The molecular weight excluding hydrogens is 424 g/mol. The second kappa shape index (κ2) is 6.87. The number of carboxylic acid groups (broad SMARTS) is 1. The molecule has 0 aromatic rings. The Kier molecular flexibility index (Phi) is 4.90. The average molecular weight is 469 g/mol. The Morgan fingerprint density at radius 3 is 2.24 bits per heavy atom. The molecule has 0 amide bonds. The molecule has 4 nitrogen and oxygen atoms in total. The number of allylic oxidation sites excluding steroid dienone is 4. The van der Waals surface area contributed by atoms with Crippen molar-refractivity contribution in [2.24, 2.45) is 44.3 Å². The fourth-order valence-electron chi connectivity index (χ4n) is 9.73. The number of aliphatic hydroxyl groups excluding tert-OH is 1. The van der Waals surface area contributed by atoms with Crippen LogP contribution in [-0.4, -0.2) is 28.1 Å². The summed E-state index contributed by atoms with van der Waals surface area (Å²) in [6.07, 6.45) is 10.8. The molecule has 0 unspecified atom stereocenters. The molecular formula is C30H44O4. The summed E-state index contributed by atoms with van der Waals surface area (Å²) in [7, 11) is 0. The highest BCUT2D eigenvalue weighted by Crippen LogP contribution is 2.73. The predicted octanol–water partition coefficient (Wildman–Crippen LogP) is 6.33. The van der Waals surface area contributed by atoms with Gasteiger partial charge in [-0.25, -0.2) is 0 Å². The lowest BCUT2D eigenvalue weighted by Crippen LogP contribution is -2.66. The molecule has 0 aromatic heterocycles. The van der Waals surface area contributed by atoms with Crippen molar-refractivity contribution < 1.29 is 19.8 Å². The predicted molar refractivity (Wildman–Crippen MR) is 133 cm³/mol. The van der Waals surface area contributed by atoms with Gasteiger partial charge in [-0.15, -0.1) is 0 Å². The third-order valence-electron chi connectivity index (χ3n) is 12.3. The van der Waals surface area contributed by atoms with Crippen LogP contribution in [0.25, 0.3) is 0 Å². The van der Waals surface area contributed by atoms with Gasteiger partial charge in [-0.2, -0.15) is 0 Å². The number of carbonyl (C=O) groups is 2. The summed E-state index contributed by atoms with van der Waals surface area (Å²) in [4.78, 5) is 26.2. The normalized spacial score (nSPS) is 51.8. The zero-order chi connectivity index (χ0) is 25.1. The first-order valence-electron chi connectivity index (χ1n) is 13.4. The third kappa shape index (κ3) is 2.75. The summed E-state index contributed by atoms with van der Waals surface area (Å²) in [5.74, 6) is -0.242. The van der Waals surface area contributed by atoms with Gasteiger partial charge in [-0.1, -0.05) is 59.3 Å². The maximum Gasteiger partial charge on any atom is 0.309 e. The fraction of sp³-hybridized carbons (Fsp3) is 0.800. The van der Waals surface area contributed by atoms with Gasteiger partial charge in [0.15, 0.2) is 0 Å². The number of aliphatic hydroxyl groups is 1. The molecule has 0 bridgehead atoms. The quantitative estimate of drug-likeness (QED) is 0.471. The standard InChI is InChI=1S/C30H44O4/c1-25(2)22(32)10-11-28(5)21-9-8-18-19-16-27(4,24(33)34)13-12-26(19,3)14-15-29(18,6)30(21,7)17-20(31)23(25)28/h8-9,21-23,32H,10-17H2,1-7H3,(H,33,34)/t21-,22+,23+,26-,27-,28-,29-,30-/m1/s1. The Hall–Kier alpha value is -1.42. The van der Waals surface area contributed by atoms with Gasteiger partial charge in [-0.05, 0) is 85.0 Å². The first-order chi connectivity index (χ1) is 15.6. The second-order valence-electron chi connectivity index (χ2n) is 14.5. The lowest BCUT2D eigenvalue weighted by Gasteiger charge is -2.68. The van der Waals surface area contributed by atoms with E-state index in [2.05, 4.69) is 53.7 Å². The van der Waals surface area contributed by atoms with Crippen molar-refractivity contribution in [3.8, 4) is 0 Å². The van der Waals surface area contributed by atoms with E-state index in [-0.39, 0.29) is 33.5 Å². The maximum absolute atomic E-state index is 14.0. The highest BCUT2D eigenvalue weighted by Gasteiger charge is 2.69. The van der Waals surface area contributed by atoms with Crippen LogP contribution in [0.2, 0.25) is 0 Å². The van der Waals surface area contributed by atoms with Gasteiger partial charge in [0, 0.05) is 17.8 Å². The summed E-state index contributed by atoms with van der Waals surface area (Å²) in [5.41, 5.74) is 1.06. The largest absolute Gasteiger partial charge is 0.481 e. The molecule has 2 N–H and O–H groups in total. The number of carboxylic acids is 1. The van der Waals surface area contributed by atoms with E-state index in [9.17, 15) is 19.8 Å². The summed E-state index contributed by atoms with van der Waals surface area (Å²) in [5, 5.41) is 20.9. The van der Waals surface area contributed by atoms with E-state index in [1.165, 1.54) is 11.1 Å². The molecule has 0 saturated heterocycles. The molecule has 4 heteroatoms. The highest BCUT2D eigenvalue weighted by molar-refractivity contribution is 5.85. The monoisotopic (exact) mass is 468 g/mol. The van der Waals surface area contributed by atoms with Gasteiger partial charge < -0.3 is 10.2 Å². The van der Waals surface area contributed by atoms with Gasteiger partial charge in [0.25, 0.3) is 0 Å². The van der Waals surface area contributed by atoms with Crippen molar-refractivity contribution in [2.75, 3.05) is 0 Å². The topological polar surface area (TPSA) is 74.6 Å². The van der Waals surface area contributed by atoms with Crippen molar-refractivity contribution in [3.05, 3.63) is 23.3 Å². The second-order valence-corrected chi connectivity index (χ2v) is 14.5. The molecule has 0 heterocycles. The zero-order valence-corrected chi connectivity index (χ0v) is 22.3. The van der Waals surface area contributed by atoms with E-state index in [0.29, 0.717) is 18.6 Å². The first kappa shape index (κ1) is 24.3. The molecule has 3 fully saturated rings. The van der Waals surface area contributed by atoms with E-state index in [4.69, 9.17) is 0 Å². The number of hydrogen-bond donors (Lipinski definition) is 2. The molecule has 5 aliphatic carbocycles. The van der Waals surface area contributed by atoms with Crippen LogP contribution in [0.4, 0.5) is 0 Å². The summed E-state index contributed by atoms with van der Waals surface area (Å²) in [6.45, 7) is 15.5.